The summed E-state index contributed by atoms with van der Waals surface area (Å²) in [5.74, 6) is -0.350. The molecule has 0 aliphatic rings. The first-order valence-corrected chi connectivity index (χ1v) is 5.46. The highest BCUT2D eigenvalue weighted by Crippen LogP contribution is 2.23. The number of rotatable bonds is 3. The summed E-state index contributed by atoms with van der Waals surface area (Å²) in [7, 11) is 1.37. The van der Waals surface area contributed by atoms with Crippen molar-refractivity contribution in [2.45, 2.75) is 13.5 Å². The second-order valence-corrected chi connectivity index (χ2v) is 3.97. The first kappa shape index (κ1) is 11.7. The molecule has 1 aromatic carbocycles. The molecule has 0 bridgehead atoms. The third-order valence-electron chi connectivity index (χ3n) is 2.78. The lowest BCUT2D eigenvalue weighted by Crippen LogP contribution is -2.02. The molecular formula is C13H15NO3. The number of aliphatic hydroxyl groups excluding tert-OH is 1. The molecule has 0 fully saturated rings. The number of carbonyl (C=O) groups excluding carboxylic acids is 1. The molecule has 4 nitrogen and oxygen atoms in total. The largest absolute Gasteiger partial charge is 0.465 e. The van der Waals surface area contributed by atoms with Gasteiger partial charge in [0.2, 0.25) is 0 Å². The van der Waals surface area contributed by atoms with E-state index in [1.807, 2.05) is 29.7 Å². The number of esters is 1. The van der Waals surface area contributed by atoms with Crippen LogP contribution < -0.4 is 0 Å². The number of ether oxygens (including phenoxy) is 1. The van der Waals surface area contributed by atoms with Gasteiger partial charge < -0.3 is 14.4 Å². The summed E-state index contributed by atoms with van der Waals surface area (Å²) in [6.07, 6.45) is 1.73. The van der Waals surface area contributed by atoms with Crippen LogP contribution in [0.5, 0.6) is 0 Å². The molecule has 90 valence electrons. The van der Waals surface area contributed by atoms with Gasteiger partial charge in [-0.1, -0.05) is 11.6 Å². The van der Waals surface area contributed by atoms with E-state index in [1.165, 1.54) is 7.11 Å². The van der Waals surface area contributed by atoms with Crippen molar-refractivity contribution < 1.29 is 14.6 Å². The molecule has 0 aliphatic heterocycles. The number of fused-ring (bicyclic) bond motifs is 1. The fourth-order valence-electron chi connectivity index (χ4n) is 1.98. The Morgan fingerprint density at radius 2 is 2.24 bits per heavy atom. The summed E-state index contributed by atoms with van der Waals surface area (Å²) in [6.45, 7) is 2.48. The second kappa shape index (κ2) is 4.59. The Labute approximate surface area is 99.4 Å². The van der Waals surface area contributed by atoms with Gasteiger partial charge in [-0.3, -0.25) is 0 Å². The van der Waals surface area contributed by atoms with Crippen LogP contribution in [0.4, 0.5) is 0 Å². The maximum Gasteiger partial charge on any atom is 0.340 e. The van der Waals surface area contributed by atoms with Crippen LogP contribution in [0.15, 0.2) is 24.4 Å². The van der Waals surface area contributed by atoms with Gasteiger partial charge in [0.25, 0.3) is 0 Å². The second-order valence-electron chi connectivity index (χ2n) is 3.97. The summed E-state index contributed by atoms with van der Waals surface area (Å²) < 4.78 is 6.62. The highest BCUT2D eigenvalue weighted by Gasteiger charge is 2.15. The van der Waals surface area contributed by atoms with E-state index < -0.39 is 0 Å². The molecule has 0 saturated carbocycles. The highest BCUT2D eigenvalue weighted by molar-refractivity contribution is 6.04. The number of hydrogen-bond acceptors (Lipinski definition) is 3. The third kappa shape index (κ3) is 2.03. The van der Waals surface area contributed by atoms with E-state index in [4.69, 9.17) is 9.84 Å². The Morgan fingerprint density at radius 1 is 1.47 bits per heavy atom. The first-order chi connectivity index (χ1) is 8.17. The fourth-order valence-corrected chi connectivity index (χ4v) is 1.98. The molecule has 1 aromatic heterocycles. The average molecular weight is 233 g/mol. The van der Waals surface area contributed by atoms with Crippen LogP contribution in [0.2, 0.25) is 0 Å². The van der Waals surface area contributed by atoms with E-state index in [-0.39, 0.29) is 12.6 Å². The molecule has 17 heavy (non-hydrogen) atoms. The van der Waals surface area contributed by atoms with Gasteiger partial charge in [-0.05, 0) is 19.1 Å². The lowest BCUT2D eigenvalue weighted by atomic mass is 10.1. The van der Waals surface area contributed by atoms with Crippen molar-refractivity contribution in [3.63, 3.8) is 0 Å². The van der Waals surface area contributed by atoms with Crippen LogP contribution in [0.25, 0.3) is 10.9 Å². The lowest BCUT2D eigenvalue weighted by Gasteiger charge is -2.01. The highest BCUT2D eigenvalue weighted by atomic mass is 16.5. The van der Waals surface area contributed by atoms with Gasteiger partial charge in [0, 0.05) is 23.6 Å². The smallest absolute Gasteiger partial charge is 0.340 e. The predicted molar refractivity (Wildman–Crippen MR) is 65.1 cm³/mol. The van der Waals surface area contributed by atoms with Crippen LogP contribution in [-0.4, -0.2) is 29.4 Å². The normalized spacial score (nSPS) is 10.8. The Bertz CT molecular complexity index is 557. The molecule has 0 spiro atoms. The molecule has 4 heteroatoms. The van der Waals surface area contributed by atoms with Gasteiger partial charge in [-0.2, -0.15) is 0 Å². The van der Waals surface area contributed by atoms with Gasteiger partial charge >= 0.3 is 5.97 Å². The summed E-state index contributed by atoms with van der Waals surface area (Å²) in [5.41, 5.74) is 2.56. The monoisotopic (exact) mass is 233 g/mol. The summed E-state index contributed by atoms with van der Waals surface area (Å²) in [5, 5.41) is 9.87. The molecule has 0 amide bonds. The Hall–Kier alpha value is -1.81. The topological polar surface area (TPSA) is 51.5 Å². The van der Waals surface area contributed by atoms with E-state index in [1.54, 1.807) is 6.20 Å². The zero-order valence-corrected chi connectivity index (χ0v) is 9.93. The van der Waals surface area contributed by atoms with Crippen molar-refractivity contribution in [3.05, 3.63) is 35.5 Å². The zero-order chi connectivity index (χ0) is 12.4. The molecule has 0 radical (unpaired) electrons. The first-order valence-electron chi connectivity index (χ1n) is 5.46. The number of aromatic nitrogens is 1. The lowest BCUT2D eigenvalue weighted by molar-refractivity contribution is 0.0602. The number of benzene rings is 1. The van der Waals surface area contributed by atoms with Gasteiger partial charge in [0.05, 0.1) is 19.3 Å². The Balaban J connectivity index is 2.66. The molecule has 0 atom stereocenters. The average Bonchev–Trinajstić information content (AvgIpc) is 2.67. The number of carbonyl (C=O) groups is 1. The summed E-state index contributed by atoms with van der Waals surface area (Å²) >= 11 is 0. The van der Waals surface area contributed by atoms with E-state index in [9.17, 15) is 4.79 Å². The molecule has 0 saturated heterocycles. The SMILES string of the molecule is COC(=O)c1cn(CCO)c2ccc(C)cc12. The van der Waals surface area contributed by atoms with Crippen LogP contribution in [0.3, 0.4) is 0 Å². The number of nitrogens with zero attached hydrogens (tertiary/aromatic N) is 1. The predicted octanol–water partition coefficient (Wildman–Crippen LogP) is 1.73. The fraction of sp³-hybridized carbons (Fsp3) is 0.308. The quantitative estimate of drug-likeness (QED) is 0.821. The van der Waals surface area contributed by atoms with Crippen molar-refractivity contribution >= 4 is 16.9 Å². The maximum absolute atomic E-state index is 11.7. The third-order valence-corrected chi connectivity index (χ3v) is 2.78. The Kier molecular flexibility index (Phi) is 3.15. The molecule has 0 unspecified atom stereocenters. The van der Waals surface area contributed by atoms with Crippen LogP contribution in [-0.2, 0) is 11.3 Å². The minimum absolute atomic E-state index is 0.0399. The van der Waals surface area contributed by atoms with Crippen LogP contribution in [0, 0.1) is 6.92 Å². The van der Waals surface area contributed by atoms with Gasteiger partial charge in [-0.25, -0.2) is 4.79 Å². The van der Waals surface area contributed by atoms with Crippen molar-refractivity contribution in [2.75, 3.05) is 13.7 Å². The van der Waals surface area contributed by atoms with E-state index in [2.05, 4.69) is 0 Å². The number of aliphatic hydroxyl groups is 1. The molecule has 1 N–H and O–H groups in total. The summed E-state index contributed by atoms with van der Waals surface area (Å²) in [4.78, 5) is 11.7. The molecular weight excluding hydrogens is 218 g/mol. The molecule has 2 aromatic rings. The number of methoxy groups -OCH3 is 1. The van der Waals surface area contributed by atoms with E-state index in [0.717, 1.165) is 16.5 Å². The zero-order valence-electron chi connectivity index (χ0n) is 9.93. The maximum atomic E-state index is 11.7. The van der Waals surface area contributed by atoms with Crippen molar-refractivity contribution in [1.82, 2.24) is 4.57 Å². The summed E-state index contributed by atoms with van der Waals surface area (Å²) in [6, 6.07) is 5.89. The molecule has 0 aliphatic carbocycles. The van der Waals surface area contributed by atoms with Crippen molar-refractivity contribution in [2.24, 2.45) is 0 Å². The number of hydrogen-bond donors (Lipinski definition) is 1. The minimum atomic E-state index is -0.350. The van der Waals surface area contributed by atoms with E-state index >= 15 is 0 Å². The molecule has 2 rings (SSSR count). The van der Waals surface area contributed by atoms with Gasteiger partial charge in [-0.15, -0.1) is 0 Å². The van der Waals surface area contributed by atoms with Gasteiger partial charge in [0.1, 0.15) is 0 Å². The van der Waals surface area contributed by atoms with Gasteiger partial charge in [0.15, 0.2) is 0 Å². The van der Waals surface area contributed by atoms with Crippen molar-refractivity contribution in [1.29, 1.82) is 0 Å². The van der Waals surface area contributed by atoms with Crippen LogP contribution in [0.1, 0.15) is 15.9 Å². The Morgan fingerprint density at radius 3 is 2.88 bits per heavy atom. The minimum Gasteiger partial charge on any atom is -0.465 e. The standard InChI is InChI=1S/C13H15NO3/c1-9-3-4-12-10(7-9)11(13(16)17-2)8-14(12)5-6-15/h3-4,7-8,15H,5-6H2,1-2H3. The van der Waals surface area contributed by atoms with Crippen molar-refractivity contribution in [3.8, 4) is 0 Å². The van der Waals surface area contributed by atoms with Crippen LogP contribution >= 0.6 is 0 Å². The molecule has 1 heterocycles. The number of aryl methyl sites for hydroxylation is 1. The van der Waals surface area contributed by atoms with E-state index in [0.29, 0.717) is 12.1 Å².